The zero-order valence-corrected chi connectivity index (χ0v) is 13.1. The van der Waals surface area contributed by atoms with Crippen LogP contribution in [-0.2, 0) is 10.0 Å². The first kappa shape index (κ1) is 16.2. The van der Waals surface area contributed by atoms with Crippen LogP contribution >= 0.6 is 0 Å². The molecule has 0 aliphatic carbocycles. The third-order valence-corrected chi connectivity index (χ3v) is 5.15. The number of nitrogens with one attached hydrogen (secondary N) is 2. The van der Waals surface area contributed by atoms with Crippen molar-refractivity contribution >= 4 is 15.8 Å². The van der Waals surface area contributed by atoms with Crippen LogP contribution in [0.15, 0.2) is 23.2 Å². The van der Waals surface area contributed by atoms with E-state index in [0.29, 0.717) is 5.82 Å². The fourth-order valence-corrected chi connectivity index (χ4v) is 3.75. The van der Waals surface area contributed by atoms with Gasteiger partial charge in [-0.1, -0.05) is 6.92 Å². The minimum absolute atomic E-state index is 0.00424. The second kappa shape index (κ2) is 7.17. The van der Waals surface area contributed by atoms with Gasteiger partial charge in [0, 0.05) is 12.2 Å². The van der Waals surface area contributed by atoms with Crippen molar-refractivity contribution in [3.05, 3.63) is 18.3 Å². The Morgan fingerprint density at radius 2 is 2.10 bits per heavy atom. The fraction of sp³-hybridized carbons (Fsp3) is 0.615. The lowest BCUT2D eigenvalue weighted by atomic mass is 10.1. The fourth-order valence-electron chi connectivity index (χ4n) is 2.50. The molecule has 7 nitrogen and oxygen atoms in total. The van der Waals surface area contributed by atoms with Crippen LogP contribution in [-0.4, -0.2) is 44.0 Å². The Morgan fingerprint density at radius 3 is 2.62 bits per heavy atom. The molecule has 2 rings (SSSR count). The summed E-state index contributed by atoms with van der Waals surface area (Å²) in [5.74, 6) is 5.65. The van der Waals surface area contributed by atoms with E-state index in [1.165, 1.54) is 12.3 Å². The van der Waals surface area contributed by atoms with E-state index in [1.807, 2.05) is 0 Å². The molecule has 1 fully saturated rings. The molecular weight excluding hydrogens is 290 g/mol. The lowest BCUT2D eigenvalue weighted by Gasteiger charge is -2.31. The van der Waals surface area contributed by atoms with E-state index in [1.54, 1.807) is 6.07 Å². The van der Waals surface area contributed by atoms with Gasteiger partial charge in [0.2, 0.25) is 10.0 Å². The maximum atomic E-state index is 12.3. The number of sulfonamides is 1. The molecule has 1 saturated heterocycles. The highest BCUT2D eigenvalue weighted by Gasteiger charge is 2.24. The molecule has 118 valence electrons. The number of pyridine rings is 1. The SMILES string of the molecule is CCCN1CCC(NS(=O)(=O)c2ccc(NN)nc2)CC1. The third kappa shape index (κ3) is 4.37. The number of likely N-dealkylation sites (tertiary alicyclic amines) is 1. The highest BCUT2D eigenvalue weighted by Crippen LogP contribution is 2.15. The van der Waals surface area contributed by atoms with E-state index in [4.69, 9.17) is 5.84 Å². The Hall–Kier alpha value is -1.22. The predicted molar refractivity (Wildman–Crippen MR) is 82.1 cm³/mol. The van der Waals surface area contributed by atoms with Crippen LogP contribution in [0.3, 0.4) is 0 Å². The Morgan fingerprint density at radius 1 is 1.38 bits per heavy atom. The van der Waals surface area contributed by atoms with Crippen LogP contribution in [0.25, 0.3) is 0 Å². The summed E-state index contributed by atoms with van der Waals surface area (Å²) in [7, 11) is -3.51. The number of nitrogens with two attached hydrogens (primary N) is 1. The van der Waals surface area contributed by atoms with Crippen LogP contribution in [0.1, 0.15) is 26.2 Å². The van der Waals surface area contributed by atoms with Crippen molar-refractivity contribution in [1.82, 2.24) is 14.6 Å². The zero-order valence-electron chi connectivity index (χ0n) is 12.2. The van der Waals surface area contributed by atoms with Crippen molar-refractivity contribution < 1.29 is 8.42 Å². The Balaban J connectivity index is 1.95. The maximum absolute atomic E-state index is 12.3. The number of nitrogen functional groups attached to an aromatic ring is 1. The lowest BCUT2D eigenvalue weighted by Crippen LogP contribution is -2.44. The number of hydrogen-bond donors (Lipinski definition) is 3. The average Bonchev–Trinajstić information content (AvgIpc) is 2.49. The average molecular weight is 313 g/mol. The molecule has 2 heterocycles. The van der Waals surface area contributed by atoms with E-state index in [0.717, 1.165) is 38.9 Å². The molecule has 0 aromatic carbocycles. The molecule has 4 N–H and O–H groups in total. The molecule has 8 heteroatoms. The van der Waals surface area contributed by atoms with Gasteiger partial charge in [0.1, 0.15) is 10.7 Å². The molecule has 1 aromatic heterocycles. The van der Waals surface area contributed by atoms with Crippen LogP contribution in [0.5, 0.6) is 0 Å². The van der Waals surface area contributed by atoms with Crippen LogP contribution in [0.4, 0.5) is 5.82 Å². The second-order valence-electron chi connectivity index (χ2n) is 5.26. The summed E-state index contributed by atoms with van der Waals surface area (Å²) in [6, 6.07) is 3.03. The van der Waals surface area contributed by atoms with E-state index in [-0.39, 0.29) is 10.9 Å². The van der Waals surface area contributed by atoms with E-state index >= 15 is 0 Å². The molecule has 21 heavy (non-hydrogen) atoms. The Kier molecular flexibility index (Phi) is 5.51. The summed E-state index contributed by atoms with van der Waals surface area (Å²) in [5.41, 5.74) is 2.37. The smallest absolute Gasteiger partial charge is 0.242 e. The summed E-state index contributed by atoms with van der Waals surface area (Å²) in [4.78, 5) is 6.46. The molecule has 0 unspecified atom stereocenters. The summed E-state index contributed by atoms with van der Waals surface area (Å²) >= 11 is 0. The number of hydrogen-bond acceptors (Lipinski definition) is 6. The van der Waals surface area contributed by atoms with Gasteiger partial charge in [-0.25, -0.2) is 24.0 Å². The standard InChI is InChI=1S/C13H23N5O2S/c1-2-7-18-8-5-11(6-9-18)17-21(19,20)12-3-4-13(16-14)15-10-12/h3-4,10-11,17H,2,5-9,14H2,1H3,(H,15,16). The number of piperidine rings is 1. The molecule has 0 atom stereocenters. The first-order valence-electron chi connectivity index (χ1n) is 7.22. The first-order valence-corrected chi connectivity index (χ1v) is 8.71. The van der Waals surface area contributed by atoms with Crippen LogP contribution in [0, 0.1) is 0 Å². The topological polar surface area (TPSA) is 100 Å². The van der Waals surface area contributed by atoms with Crippen molar-refractivity contribution in [3.63, 3.8) is 0 Å². The summed E-state index contributed by atoms with van der Waals surface area (Å²) < 4.78 is 27.3. The molecule has 0 radical (unpaired) electrons. The number of hydrazine groups is 1. The Bertz CT molecular complexity index is 538. The van der Waals surface area contributed by atoms with Gasteiger partial charge in [-0.05, 0) is 51.0 Å². The van der Waals surface area contributed by atoms with Gasteiger partial charge in [-0.3, -0.25) is 0 Å². The monoisotopic (exact) mass is 313 g/mol. The van der Waals surface area contributed by atoms with E-state index in [2.05, 4.69) is 27.0 Å². The molecule has 1 aliphatic heterocycles. The maximum Gasteiger partial charge on any atom is 0.242 e. The van der Waals surface area contributed by atoms with Gasteiger partial charge < -0.3 is 10.3 Å². The molecule has 1 aromatic rings. The van der Waals surface area contributed by atoms with Gasteiger partial charge in [0.05, 0.1) is 0 Å². The van der Waals surface area contributed by atoms with Gasteiger partial charge in [0.15, 0.2) is 0 Å². The number of nitrogens with zero attached hydrogens (tertiary/aromatic N) is 2. The van der Waals surface area contributed by atoms with Crippen molar-refractivity contribution in [2.45, 2.75) is 37.1 Å². The van der Waals surface area contributed by atoms with Gasteiger partial charge in [0.25, 0.3) is 0 Å². The Labute approximate surface area is 125 Å². The van der Waals surface area contributed by atoms with Crippen LogP contribution < -0.4 is 16.0 Å². The minimum Gasteiger partial charge on any atom is -0.308 e. The lowest BCUT2D eigenvalue weighted by molar-refractivity contribution is 0.208. The summed E-state index contributed by atoms with van der Waals surface area (Å²) in [5, 5.41) is 0. The zero-order chi connectivity index (χ0) is 15.3. The normalized spacial score (nSPS) is 17.8. The van der Waals surface area contributed by atoms with E-state index in [9.17, 15) is 8.42 Å². The molecule has 0 bridgehead atoms. The molecule has 0 spiro atoms. The predicted octanol–water partition coefficient (Wildman–Crippen LogP) is 0.520. The number of aromatic nitrogens is 1. The van der Waals surface area contributed by atoms with Gasteiger partial charge in [-0.2, -0.15) is 0 Å². The van der Waals surface area contributed by atoms with Crippen molar-refractivity contribution in [2.75, 3.05) is 25.1 Å². The van der Waals surface area contributed by atoms with E-state index < -0.39 is 10.0 Å². The van der Waals surface area contributed by atoms with Crippen molar-refractivity contribution in [2.24, 2.45) is 5.84 Å². The second-order valence-corrected chi connectivity index (χ2v) is 6.97. The molecule has 0 saturated carbocycles. The number of anilines is 1. The van der Waals surface area contributed by atoms with Gasteiger partial charge >= 0.3 is 0 Å². The van der Waals surface area contributed by atoms with Crippen molar-refractivity contribution in [3.8, 4) is 0 Å². The molecule has 1 aliphatic rings. The molecular formula is C13H23N5O2S. The summed E-state index contributed by atoms with van der Waals surface area (Å²) in [6.07, 6.45) is 4.12. The highest BCUT2D eigenvalue weighted by atomic mass is 32.2. The largest absolute Gasteiger partial charge is 0.308 e. The number of rotatable bonds is 6. The quantitative estimate of drug-likeness (QED) is 0.523. The van der Waals surface area contributed by atoms with Crippen molar-refractivity contribution in [1.29, 1.82) is 0 Å². The first-order chi connectivity index (χ1) is 10.0. The highest BCUT2D eigenvalue weighted by molar-refractivity contribution is 7.89. The van der Waals surface area contributed by atoms with Gasteiger partial charge in [-0.15, -0.1) is 0 Å². The van der Waals surface area contributed by atoms with Crippen LogP contribution in [0.2, 0.25) is 0 Å². The molecule has 0 amide bonds. The third-order valence-electron chi connectivity index (χ3n) is 3.64. The minimum atomic E-state index is -3.51. The summed E-state index contributed by atoms with van der Waals surface area (Å²) in [6.45, 7) is 5.11.